The third kappa shape index (κ3) is 2.65. The number of rotatable bonds is 3. The van der Waals surface area contributed by atoms with Crippen molar-refractivity contribution < 1.29 is 8.42 Å². The largest absolute Gasteiger partial charge is 0.274 e. The van der Waals surface area contributed by atoms with Crippen molar-refractivity contribution in [2.75, 3.05) is 4.72 Å². The molecule has 0 bridgehead atoms. The van der Waals surface area contributed by atoms with Gasteiger partial charge in [0.05, 0.1) is 9.98 Å². The Morgan fingerprint density at radius 1 is 1.38 bits per heavy atom. The summed E-state index contributed by atoms with van der Waals surface area (Å²) in [7, 11) is -3.54. The summed E-state index contributed by atoms with van der Waals surface area (Å²) in [4.78, 5) is 3.91. The number of thiophene rings is 1. The van der Waals surface area contributed by atoms with Gasteiger partial charge in [-0.05, 0) is 43.3 Å². The molecule has 0 atom stereocenters. The topological polar surface area (TPSA) is 59.1 Å². The fraction of sp³-hybridized carbons (Fsp3) is 0. The van der Waals surface area contributed by atoms with Crippen molar-refractivity contribution in [1.82, 2.24) is 4.98 Å². The van der Waals surface area contributed by atoms with Gasteiger partial charge in [0.25, 0.3) is 10.0 Å². The number of anilines is 1. The summed E-state index contributed by atoms with van der Waals surface area (Å²) in [6, 6.07) is 1.69. The summed E-state index contributed by atoms with van der Waals surface area (Å²) in [6.07, 6.45) is 1.55. The minimum absolute atomic E-state index is 0.249. The van der Waals surface area contributed by atoms with Gasteiger partial charge in [-0.15, -0.1) is 11.3 Å². The normalized spacial score (nSPS) is 11.6. The molecule has 0 unspecified atom stereocenters. The summed E-state index contributed by atoms with van der Waals surface area (Å²) < 4.78 is 27.8. The third-order valence-electron chi connectivity index (χ3n) is 1.53. The van der Waals surface area contributed by atoms with Crippen LogP contribution in [0.3, 0.4) is 0 Å². The Morgan fingerprint density at radius 3 is 2.62 bits per heavy atom. The molecule has 0 aliphatic rings. The number of nitrogens with zero attached hydrogens (tertiary/aromatic N) is 1. The number of sulfonamides is 1. The van der Waals surface area contributed by atoms with Crippen LogP contribution in [-0.2, 0) is 10.0 Å². The smallest absolute Gasteiger partial charge is 0.254 e. The van der Waals surface area contributed by atoms with Gasteiger partial charge in [-0.3, -0.25) is 4.72 Å². The van der Waals surface area contributed by atoms with Gasteiger partial charge in [-0.25, -0.2) is 13.4 Å². The number of hydrogen-bond donors (Lipinski definition) is 1. The Hall–Kier alpha value is 0.0400. The van der Waals surface area contributed by atoms with E-state index >= 15 is 0 Å². The van der Waals surface area contributed by atoms with E-state index in [-0.39, 0.29) is 4.21 Å². The molecule has 2 heterocycles. The van der Waals surface area contributed by atoms with E-state index in [1.807, 2.05) is 0 Å². The average Bonchev–Trinajstić information content (AvgIpc) is 2.74. The van der Waals surface area contributed by atoms with E-state index < -0.39 is 10.0 Å². The highest BCUT2D eigenvalue weighted by Gasteiger charge is 2.20. The van der Waals surface area contributed by atoms with E-state index in [9.17, 15) is 8.42 Å². The van der Waals surface area contributed by atoms with Crippen LogP contribution in [0.25, 0.3) is 0 Å². The maximum absolute atomic E-state index is 11.9. The molecule has 0 radical (unpaired) electrons. The van der Waals surface area contributed by atoms with E-state index in [1.165, 1.54) is 11.3 Å². The molecule has 1 N–H and O–H groups in total. The summed E-state index contributed by atoms with van der Waals surface area (Å²) in [6.45, 7) is 0. The molecule has 0 aromatic carbocycles. The zero-order valence-corrected chi connectivity index (χ0v) is 13.1. The van der Waals surface area contributed by atoms with Crippen LogP contribution in [0.4, 0.5) is 5.13 Å². The first-order valence-corrected chi connectivity index (χ1v) is 8.63. The second kappa shape index (κ2) is 4.73. The molecule has 0 amide bonds. The van der Waals surface area contributed by atoms with E-state index in [0.717, 1.165) is 15.1 Å². The maximum atomic E-state index is 11.9. The molecule has 4 nitrogen and oxygen atoms in total. The molecule has 0 spiro atoms. The van der Waals surface area contributed by atoms with Gasteiger partial charge in [0.2, 0.25) is 0 Å². The molecule has 86 valence electrons. The second-order valence-electron chi connectivity index (χ2n) is 2.63. The van der Waals surface area contributed by atoms with Gasteiger partial charge >= 0.3 is 0 Å². The Morgan fingerprint density at radius 2 is 2.12 bits per heavy atom. The quantitative estimate of drug-likeness (QED) is 0.852. The van der Waals surface area contributed by atoms with Gasteiger partial charge in [0.1, 0.15) is 0 Å². The highest BCUT2D eigenvalue weighted by Crippen LogP contribution is 2.31. The standard InChI is InChI=1S/C7H4Br2N2O2S3/c8-4-1-2-14-6(4)16(12,13)11-7-10-3-5(9)15-7/h1-3H,(H,10,11). The second-order valence-corrected chi connectivity index (χ2v) is 8.69. The molecule has 0 fully saturated rings. The Balaban J connectivity index is 2.31. The first-order chi connectivity index (χ1) is 7.49. The van der Waals surface area contributed by atoms with Crippen LogP contribution in [0, 0.1) is 0 Å². The summed E-state index contributed by atoms with van der Waals surface area (Å²) in [5, 5.41) is 2.04. The molecule has 2 aromatic heterocycles. The average molecular weight is 404 g/mol. The van der Waals surface area contributed by atoms with Gasteiger partial charge in [0, 0.05) is 4.47 Å². The minimum Gasteiger partial charge on any atom is -0.254 e. The molecule has 0 aliphatic heterocycles. The van der Waals surface area contributed by atoms with Crippen LogP contribution in [0.1, 0.15) is 0 Å². The predicted octanol–water partition coefficient (Wildman–Crippen LogP) is 3.53. The van der Waals surface area contributed by atoms with E-state index in [0.29, 0.717) is 9.60 Å². The first-order valence-electron chi connectivity index (χ1n) is 3.86. The fourth-order valence-corrected chi connectivity index (χ4v) is 5.62. The third-order valence-corrected chi connectivity index (χ3v) is 7.06. The number of halogens is 2. The van der Waals surface area contributed by atoms with Gasteiger partial charge in [-0.2, -0.15) is 0 Å². The molecule has 0 aliphatic carbocycles. The SMILES string of the molecule is O=S(=O)(Nc1ncc(Br)s1)c1sccc1Br. The number of nitrogens with one attached hydrogen (secondary N) is 1. The van der Waals surface area contributed by atoms with Crippen molar-refractivity contribution in [1.29, 1.82) is 0 Å². The summed E-state index contributed by atoms with van der Waals surface area (Å²) in [5.74, 6) is 0. The lowest BCUT2D eigenvalue weighted by Gasteiger charge is -2.02. The molecular weight excluding hydrogens is 400 g/mol. The Bertz CT molecular complexity index is 605. The molecular formula is C7H4Br2N2O2S3. The van der Waals surface area contributed by atoms with Crippen molar-refractivity contribution in [3.05, 3.63) is 25.9 Å². The molecule has 0 saturated heterocycles. The van der Waals surface area contributed by atoms with Crippen LogP contribution >= 0.6 is 54.5 Å². The van der Waals surface area contributed by atoms with Gasteiger partial charge in [0.15, 0.2) is 9.34 Å². The van der Waals surface area contributed by atoms with Crippen LogP contribution < -0.4 is 4.72 Å². The predicted molar refractivity (Wildman–Crippen MR) is 72.6 cm³/mol. The van der Waals surface area contributed by atoms with Crippen molar-refractivity contribution in [2.24, 2.45) is 0 Å². The molecule has 16 heavy (non-hydrogen) atoms. The lowest BCUT2D eigenvalue weighted by molar-refractivity contribution is 0.603. The molecule has 2 rings (SSSR count). The number of hydrogen-bond acceptors (Lipinski definition) is 5. The van der Waals surface area contributed by atoms with Gasteiger partial charge < -0.3 is 0 Å². The van der Waals surface area contributed by atoms with Crippen LogP contribution in [0.2, 0.25) is 0 Å². The maximum Gasteiger partial charge on any atom is 0.274 e. The Kier molecular flexibility index (Phi) is 3.69. The molecule has 2 aromatic rings. The van der Waals surface area contributed by atoms with Gasteiger partial charge in [-0.1, -0.05) is 11.3 Å². The van der Waals surface area contributed by atoms with E-state index in [1.54, 1.807) is 17.6 Å². The first kappa shape index (κ1) is 12.5. The van der Waals surface area contributed by atoms with Crippen LogP contribution in [0.5, 0.6) is 0 Å². The number of aromatic nitrogens is 1. The molecule has 0 saturated carbocycles. The minimum atomic E-state index is -3.54. The highest BCUT2D eigenvalue weighted by atomic mass is 79.9. The lowest BCUT2D eigenvalue weighted by Crippen LogP contribution is -2.11. The molecule has 9 heteroatoms. The summed E-state index contributed by atoms with van der Waals surface area (Å²) in [5.41, 5.74) is 0. The Labute approximate surface area is 117 Å². The number of thiazole rings is 1. The lowest BCUT2D eigenvalue weighted by atomic mass is 10.7. The van der Waals surface area contributed by atoms with Crippen molar-refractivity contribution in [2.45, 2.75) is 4.21 Å². The zero-order chi connectivity index (χ0) is 11.8. The monoisotopic (exact) mass is 402 g/mol. The highest BCUT2D eigenvalue weighted by molar-refractivity contribution is 9.11. The fourth-order valence-electron chi connectivity index (χ4n) is 0.935. The van der Waals surface area contributed by atoms with E-state index in [2.05, 4.69) is 41.6 Å². The van der Waals surface area contributed by atoms with Crippen molar-refractivity contribution >= 4 is 69.7 Å². The van der Waals surface area contributed by atoms with Crippen LogP contribution in [-0.4, -0.2) is 13.4 Å². The van der Waals surface area contributed by atoms with Crippen molar-refractivity contribution in [3.8, 4) is 0 Å². The van der Waals surface area contributed by atoms with Crippen molar-refractivity contribution in [3.63, 3.8) is 0 Å². The van der Waals surface area contributed by atoms with E-state index in [4.69, 9.17) is 0 Å². The zero-order valence-electron chi connectivity index (χ0n) is 7.48. The summed E-state index contributed by atoms with van der Waals surface area (Å²) >= 11 is 8.78. The van der Waals surface area contributed by atoms with Crippen LogP contribution in [0.15, 0.2) is 30.1 Å².